The minimum atomic E-state index is 0.954. The van der Waals surface area contributed by atoms with E-state index in [0.717, 1.165) is 22.6 Å². The molecule has 0 N–H and O–H groups in total. The molecule has 0 amide bonds. The molecule has 1 aromatic carbocycles. The van der Waals surface area contributed by atoms with Crippen LogP contribution in [0.2, 0.25) is 0 Å². The third kappa shape index (κ3) is 3.74. The van der Waals surface area contributed by atoms with Gasteiger partial charge in [-0.15, -0.1) is 12.6 Å². The van der Waals surface area contributed by atoms with Crippen LogP contribution in [0, 0.1) is 17.8 Å². The van der Waals surface area contributed by atoms with Crippen LogP contribution in [0.5, 0.6) is 0 Å². The zero-order chi connectivity index (χ0) is 14.7. The minimum Gasteiger partial charge on any atom is -0.143 e. The Hall–Kier alpha value is -0.690. The van der Waals surface area contributed by atoms with E-state index in [1.807, 2.05) is 0 Å². The first-order chi connectivity index (χ1) is 10.3. The van der Waals surface area contributed by atoms with E-state index in [1.54, 1.807) is 5.57 Å². The molecular weight excluding hydrogens is 272 g/mol. The Morgan fingerprint density at radius 2 is 1.67 bits per heavy atom. The average molecular weight is 301 g/mol. The van der Waals surface area contributed by atoms with Gasteiger partial charge in [-0.3, -0.25) is 0 Å². The van der Waals surface area contributed by atoms with E-state index >= 15 is 0 Å². The molecule has 1 saturated carbocycles. The maximum atomic E-state index is 4.37. The lowest BCUT2D eigenvalue weighted by molar-refractivity contribution is 0.192. The molecule has 1 aromatic rings. The summed E-state index contributed by atoms with van der Waals surface area (Å²) < 4.78 is 0. The molecular formula is C20H28S. The standard InChI is InChI=1S/C20H28S/c1-2-15-3-5-16(6-4-15)17-7-9-18(10-8-17)19-11-13-20(21)14-12-19/h9,11-17,21H,2-8,10H2,1H3. The molecule has 1 unspecified atom stereocenters. The van der Waals surface area contributed by atoms with Gasteiger partial charge in [-0.05, 0) is 73.1 Å². The molecule has 2 aliphatic carbocycles. The molecule has 0 saturated heterocycles. The zero-order valence-corrected chi connectivity index (χ0v) is 14.1. The van der Waals surface area contributed by atoms with Gasteiger partial charge in [-0.2, -0.15) is 0 Å². The first-order valence-electron chi connectivity index (χ1n) is 8.74. The number of allylic oxidation sites excluding steroid dienone is 2. The molecule has 0 aromatic heterocycles. The monoisotopic (exact) mass is 300 g/mol. The lowest BCUT2D eigenvalue weighted by Gasteiger charge is -2.35. The predicted molar refractivity (Wildman–Crippen MR) is 94.8 cm³/mol. The maximum Gasteiger partial charge on any atom is 0.00403 e. The first-order valence-corrected chi connectivity index (χ1v) is 9.19. The molecule has 0 spiro atoms. The van der Waals surface area contributed by atoms with Gasteiger partial charge in [0.15, 0.2) is 0 Å². The second-order valence-corrected chi connectivity index (χ2v) is 7.52. The van der Waals surface area contributed by atoms with E-state index in [1.165, 1.54) is 56.9 Å². The van der Waals surface area contributed by atoms with Crippen LogP contribution in [0.25, 0.3) is 5.57 Å². The molecule has 0 aliphatic heterocycles. The highest BCUT2D eigenvalue weighted by Crippen LogP contribution is 2.41. The summed E-state index contributed by atoms with van der Waals surface area (Å²) in [7, 11) is 0. The van der Waals surface area contributed by atoms with Gasteiger partial charge in [-0.25, -0.2) is 0 Å². The molecule has 114 valence electrons. The van der Waals surface area contributed by atoms with Crippen molar-refractivity contribution in [1.29, 1.82) is 0 Å². The molecule has 1 heteroatoms. The summed E-state index contributed by atoms with van der Waals surface area (Å²) >= 11 is 4.37. The van der Waals surface area contributed by atoms with Crippen molar-refractivity contribution in [2.45, 2.75) is 63.2 Å². The molecule has 0 bridgehead atoms. The quantitative estimate of drug-likeness (QED) is 0.616. The Labute approximate surface area is 135 Å². The molecule has 1 fully saturated rings. The zero-order valence-electron chi connectivity index (χ0n) is 13.2. The lowest BCUT2D eigenvalue weighted by Crippen LogP contribution is -2.22. The topological polar surface area (TPSA) is 0 Å². The number of hydrogen-bond acceptors (Lipinski definition) is 1. The first kappa shape index (κ1) is 15.2. The van der Waals surface area contributed by atoms with Gasteiger partial charge in [0.1, 0.15) is 0 Å². The van der Waals surface area contributed by atoms with Crippen molar-refractivity contribution < 1.29 is 0 Å². The van der Waals surface area contributed by atoms with Gasteiger partial charge in [0.25, 0.3) is 0 Å². The predicted octanol–water partition coefficient (Wildman–Crippen LogP) is 6.38. The summed E-state index contributed by atoms with van der Waals surface area (Å²) in [5, 5.41) is 0. The SMILES string of the molecule is CCC1CCC(C2CC=C(c3ccc(S)cc3)CC2)CC1. The Morgan fingerprint density at radius 1 is 0.952 bits per heavy atom. The van der Waals surface area contributed by atoms with E-state index < -0.39 is 0 Å². The van der Waals surface area contributed by atoms with Crippen molar-refractivity contribution in [2.75, 3.05) is 0 Å². The fourth-order valence-electron chi connectivity index (χ4n) is 4.29. The van der Waals surface area contributed by atoms with Crippen molar-refractivity contribution in [3.05, 3.63) is 35.9 Å². The van der Waals surface area contributed by atoms with Crippen molar-refractivity contribution >= 4 is 18.2 Å². The molecule has 0 nitrogen and oxygen atoms in total. The van der Waals surface area contributed by atoms with Crippen molar-refractivity contribution in [2.24, 2.45) is 17.8 Å². The van der Waals surface area contributed by atoms with Gasteiger partial charge in [0.2, 0.25) is 0 Å². The number of benzene rings is 1. The van der Waals surface area contributed by atoms with Crippen LogP contribution in [-0.4, -0.2) is 0 Å². The van der Waals surface area contributed by atoms with Crippen LogP contribution in [0.1, 0.15) is 63.9 Å². The van der Waals surface area contributed by atoms with Crippen LogP contribution in [0.3, 0.4) is 0 Å². The fourth-order valence-corrected chi connectivity index (χ4v) is 4.44. The van der Waals surface area contributed by atoms with E-state index in [4.69, 9.17) is 0 Å². The van der Waals surface area contributed by atoms with Gasteiger partial charge >= 0.3 is 0 Å². The van der Waals surface area contributed by atoms with Crippen LogP contribution in [0.15, 0.2) is 35.2 Å². The minimum absolute atomic E-state index is 0.954. The van der Waals surface area contributed by atoms with Crippen LogP contribution in [-0.2, 0) is 0 Å². The van der Waals surface area contributed by atoms with Crippen LogP contribution >= 0.6 is 12.6 Å². The Balaban J connectivity index is 1.58. The molecule has 2 aliphatic rings. The van der Waals surface area contributed by atoms with Gasteiger partial charge in [0, 0.05) is 4.90 Å². The molecule has 0 heterocycles. The van der Waals surface area contributed by atoms with Crippen LogP contribution in [0.4, 0.5) is 0 Å². The largest absolute Gasteiger partial charge is 0.143 e. The Bertz CT molecular complexity index is 477. The molecule has 0 radical (unpaired) electrons. The van der Waals surface area contributed by atoms with E-state index in [2.05, 4.69) is 49.9 Å². The van der Waals surface area contributed by atoms with Crippen LogP contribution < -0.4 is 0 Å². The highest BCUT2D eigenvalue weighted by Gasteiger charge is 2.28. The van der Waals surface area contributed by atoms with E-state index in [-0.39, 0.29) is 0 Å². The lowest BCUT2D eigenvalue weighted by atomic mass is 9.70. The summed E-state index contributed by atoms with van der Waals surface area (Å²) in [5.74, 6) is 2.98. The van der Waals surface area contributed by atoms with Gasteiger partial charge < -0.3 is 0 Å². The third-order valence-corrected chi connectivity index (χ3v) is 6.12. The molecule has 3 rings (SSSR count). The van der Waals surface area contributed by atoms with Crippen molar-refractivity contribution in [3.8, 4) is 0 Å². The highest BCUT2D eigenvalue weighted by molar-refractivity contribution is 7.80. The smallest absolute Gasteiger partial charge is 0.00403 e. The second-order valence-electron chi connectivity index (χ2n) is 7.00. The van der Waals surface area contributed by atoms with Gasteiger partial charge in [0.05, 0.1) is 0 Å². The third-order valence-electron chi connectivity index (χ3n) is 5.82. The Kier molecular flexibility index (Phi) is 5.11. The highest BCUT2D eigenvalue weighted by atomic mass is 32.1. The average Bonchev–Trinajstić information content (AvgIpc) is 2.56. The summed E-state index contributed by atoms with van der Waals surface area (Å²) in [4.78, 5) is 1.06. The number of hydrogen-bond donors (Lipinski definition) is 1. The summed E-state index contributed by atoms with van der Waals surface area (Å²) in [6, 6.07) is 8.66. The number of rotatable bonds is 3. The van der Waals surface area contributed by atoms with Gasteiger partial charge in [-0.1, -0.05) is 44.4 Å². The van der Waals surface area contributed by atoms with Crippen molar-refractivity contribution in [1.82, 2.24) is 0 Å². The summed E-state index contributed by atoms with van der Waals surface area (Å²) in [6.07, 6.45) is 13.8. The molecule has 1 atom stereocenters. The molecule has 21 heavy (non-hydrogen) atoms. The summed E-state index contributed by atoms with van der Waals surface area (Å²) in [6.45, 7) is 2.36. The number of thiol groups is 1. The fraction of sp³-hybridized carbons (Fsp3) is 0.600. The van der Waals surface area contributed by atoms with Crippen molar-refractivity contribution in [3.63, 3.8) is 0 Å². The van der Waals surface area contributed by atoms with E-state index in [0.29, 0.717) is 0 Å². The normalized spacial score (nSPS) is 30.0. The van der Waals surface area contributed by atoms with E-state index in [9.17, 15) is 0 Å². The summed E-state index contributed by atoms with van der Waals surface area (Å²) in [5.41, 5.74) is 2.96. The maximum absolute atomic E-state index is 4.37. The Morgan fingerprint density at radius 3 is 2.24 bits per heavy atom. The second kappa shape index (κ2) is 7.05.